The molecule has 24 heavy (non-hydrogen) atoms. The molecule has 6 heteroatoms. The van der Waals surface area contributed by atoms with Crippen molar-refractivity contribution in [3.63, 3.8) is 0 Å². The highest BCUT2D eigenvalue weighted by Gasteiger charge is 2.09. The van der Waals surface area contributed by atoms with E-state index in [9.17, 15) is 9.59 Å². The summed E-state index contributed by atoms with van der Waals surface area (Å²) in [4.78, 5) is 23.6. The van der Waals surface area contributed by atoms with Crippen LogP contribution in [0.1, 0.15) is 13.8 Å². The van der Waals surface area contributed by atoms with Gasteiger partial charge in [-0.3, -0.25) is 10.6 Å². The second-order valence-electron chi connectivity index (χ2n) is 4.91. The number of ether oxygens (including phenoxy) is 2. The number of carbonyl (C=O) groups is 2. The van der Waals surface area contributed by atoms with Gasteiger partial charge in [-0.2, -0.15) is 0 Å². The smallest absolute Gasteiger partial charge is 0.410 e. The van der Waals surface area contributed by atoms with Crippen molar-refractivity contribution in [1.82, 2.24) is 10.6 Å². The number of rotatable bonds is 4. The second-order valence-corrected chi connectivity index (χ2v) is 4.91. The molecular formula is C18H18N2O4. The van der Waals surface area contributed by atoms with Crippen LogP contribution in [0.15, 0.2) is 72.1 Å². The largest absolute Gasteiger partial charge is 0.416 e. The van der Waals surface area contributed by atoms with Crippen LogP contribution in [0.25, 0.3) is 0 Å². The van der Waals surface area contributed by atoms with E-state index < -0.39 is 12.2 Å². The summed E-state index contributed by atoms with van der Waals surface area (Å²) in [7, 11) is 0. The number of hydrogen-bond acceptors (Lipinski definition) is 4. The highest BCUT2D eigenvalue weighted by atomic mass is 16.6. The molecule has 0 spiro atoms. The van der Waals surface area contributed by atoms with Crippen LogP contribution < -0.4 is 20.1 Å². The summed E-state index contributed by atoms with van der Waals surface area (Å²) in [5, 5.41) is 5.09. The molecule has 2 rings (SSSR count). The van der Waals surface area contributed by atoms with E-state index in [4.69, 9.17) is 9.47 Å². The summed E-state index contributed by atoms with van der Waals surface area (Å²) >= 11 is 0. The number of carbonyl (C=O) groups excluding carboxylic acids is 2. The summed E-state index contributed by atoms with van der Waals surface area (Å²) in [6.45, 7) is 3.29. The Morgan fingerprint density at radius 2 is 1.00 bits per heavy atom. The van der Waals surface area contributed by atoms with Crippen LogP contribution in [-0.2, 0) is 0 Å². The van der Waals surface area contributed by atoms with E-state index in [2.05, 4.69) is 10.6 Å². The zero-order valence-corrected chi connectivity index (χ0v) is 13.4. The molecule has 124 valence electrons. The lowest BCUT2D eigenvalue weighted by Gasteiger charge is -2.11. The third kappa shape index (κ3) is 5.49. The normalized spacial score (nSPS) is 11.1. The Morgan fingerprint density at radius 3 is 1.33 bits per heavy atom. The van der Waals surface area contributed by atoms with Gasteiger partial charge in [0.25, 0.3) is 0 Å². The van der Waals surface area contributed by atoms with Crippen molar-refractivity contribution in [3.8, 4) is 11.5 Å². The van der Waals surface area contributed by atoms with E-state index >= 15 is 0 Å². The topological polar surface area (TPSA) is 76.7 Å². The Morgan fingerprint density at radius 1 is 0.667 bits per heavy atom. The number of benzene rings is 2. The van der Waals surface area contributed by atoms with Crippen LogP contribution in [0.4, 0.5) is 9.59 Å². The number of hydrogen-bond donors (Lipinski definition) is 2. The maximum Gasteiger partial charge on any atom is 0.416 e. The zero-order valence-electron chi connectivity index (χ0n) is 13.4. The fraction of sp³-hybridized carbons (Fsp3) is 0.111. The molecule has 0 saturated carbocycles. The van der Waals surface area contributed by atoms with Crippen LogP contribution >= 0.6 is 0 Å². The van der Waals surface area contributed by atoms with E-state index in [-0.39, 0.29) is 0 Å². The van der Waals surface area contributed by atoms with Gasteiger partial charge in [-0.1, -0.05) is 36.4 Å². The number of amides is 2. The fourth-order valence-corrected chi connectivity index (χ4v) is 1.74. The molecule has 0 radical (unpaired) electrons. The summed E-state index contributed by atoms with van der Waals surface area (Å²) in [5.74, 6) is 0.855. The first-order valence-electron chi connectivity index (χ1n) is 7.30. The van der Waals surface area contributed by atoms with Crippen molar-refractivity contribution in [1.29, 1.82) is 0 Å². The number of para-hydroxylation sites is 2. The monoisotopic (exact) mass is 326 g/mol. The maximum atomic E-state index is 11.8. The van der Waals surface area contributed by atoms with Gasteiger partial charge in [0.1, 0.15) is 11.5 Å². The van der Waals surface area contributed by atoms with Crippen LogP contribution in [0.3, 0.4) is 0 Å². The van der Waals surface area contributed by atoms with Gasteiger partial charge in [0.05, 0.1) is 0 Å². The Kier molecular flexibility index (Phi) is 5.96. The van der Waals surface area contributed by atoms with Gasteiger partial charge in [-0.15, -0.1) is 0 Å². The van der Waals surface area contributed by atoms with E-state index in [0.717, 1.165) is 0 Å². The van der Waals surface area contributed by atoms with Crippen molar-refractivity contribution in [2.45, 2.75) is 13.8 Å². The van der Waals surface area contributed by atoms with Crippen LogP contribution in [0.5, 0.6) is 11.5 Å². The quantitative estimate of drug-likeness (QED) is 0.895. The molecule has 2 aromatic rings. The first-order chi connectivity index (χ1) is 11.5. The van der Waals surface area contributed by atoms with Gasteiger partial charge in [0.2, 0.25) is 0 Å². The minimum Gasteiger partial charge on any atom is -0.410 e. The highest BCUT2D eigenvalue weighted by molar-refractivity contribution is 5.74. The minimum absolute atomic E-state index is 0.428. The molecule has 0 fully saturated rings. The summed E-state index contributed by atoms with van der Waals surface area (Å²) in [5.41, 5.74) is 0.891. The Balaban J connectivity index is 1.87. The van der Waals surface area contributed by atoms with Gasteiger partial charge < -0.3 is 9.47 Å². The first-order valence-corrected chi connectivity index (χ1v) is 7.30. The van der Waals surface area contributed by atoms with E-state index in [0.29, 0.717) is 22.9 Å². The lowest BCUT2D eigenvalue weighted by molar-refractivity contribution is 0.200. The Labute approximate surface area is 140 Å². The molecule has 2 N–H and O–H groups in total. The van der Waals surface area contributed by atoms with Crippen LogP contribution in [0.2, 0.25) is 0 Å². The molecule has 0 unspecified atom stereocenters. The predicted octanol–water partition coefficient (Wildman–Crippen LogP) is 3.82. The van der Waals surface area contributed by atoms with Crippen LogP contribution in [0, 0.1) is 0 Å². The molecule has 6 nitrogen and oxygen atoms in total. The molecule has 0 atom stereocenters. The standard InChI is InChI=1S/C18H18N2O4/c1-13(19-17(21)23-15-9-5-3-6-10-15)14(2)20-18(22)24-16-11-7-4-8-12-16/h3-12H,1-2H3,(H,19,21)(H,20,22)/b14-13-. The predicted molar refractivity (Wildman–Crippen MR) is 89.6 cm³/mol. The third-order valence-electron chi connectivity index (χ3n) is 3.05. The Hall–Kier alpha value is -3.28. The van der Waals surface area contributed by atoms with Crippen LogP contribution in [-0.4, -0.2) is 12.2 Å². The van der Waals surface area contributed by atoms with Gasteiger partial charge in [-0.25, -0.2) is 9.59 Å². The molecule has 0 saturated heterocycles. The molecule has 2 amide bonds. The highest BCUT2D eigenvalue weighted by Crippen LogP contribution is 2.10. The second kappa shape index (κ2) is 8.38. The zero-order chi connectivity index (χ0) is 17.4. The maximum absolute atomic E-state index is 11.8. The molecule has 0 aromatic heterocycles. The molecule has 0 aliphatic heterocycles. The minimum atomic E-state index is -0.642. The average molecular weight is 326 g/mol. The molecular weight excluding hydrogens is 308 g/mol. The fourth-order valence-electron chi connectivity index (χ4n) is 1.74. The number of allylic oxidation sites excluding steroid dienone is 2. The molecule has 0 aliphatic rings. The molecule has 0 aliphatic carbocycles. The molecule has 0 heterocycles. The van der Waals surface area contributed by atoms with Crippen molar-refractivity contribution < 1.29 is 19.1 Å². The van der Waals surface area contributed by atoms with Crippen molar-refractivity contribution in [2.75, 3.05) is 0 Å². The summed E-state index contributed by atoms with van der Waals surface area (Å²) in [6.07, 6.45) is -1.28. The molecule has 2 aromatic carbocycles. The van der Waals surface area contributed by atoms with E-state index in [1.807, 2.05) is 12.1 Å². The van der Waals surface area contributed by atoms with Gasteiger partial charge in [0, 0.05) is 11.4 Å². The van der Waals surface area contributed by atoms with E-state index in [1.165, 1.54) is 0 Å². The van der Waals surface area contributed by atoms with Crippen molar-refractivity contribution in [2.24, 2.45) is 0 Å². The Bertz CT molecular complexity index is 664. The number of nitrogens with one attached hydrogen (secondary N) is 2. The lowest BCUT2D eigenvalue weighted by Crippen LogP contribution is -2.31. The average Bonchev–Trinajstić information content (AvgIpc) is 2.56. The SMILES string of the molecule is C/C(NC(=O)Oc1ccccc1)=C(\C)NC(=O)Oc1ccccc1. The summed E-state index contributed by atoms with van der Waals surface area (Å²) in [6, 6.07) is 17.4. The third-order valence-corrected chi connectivity index (χ3v) is 3.05. The van der Waals surface area contributed by atoms with Gasteiger partial charge in [-0.05, 0) is 38.1 Å². The lowest BCUT2D eigenvalue weighted by atomic mass is 10.3. The van der Waals surface area contributed by atoms with Crippen molar-refractivity contribution >= 4 is 12.2 Å². The van der Waals surface area contributed by atoms with Gasteiger partial charge >= 0.3 is 12.2 Å². The summed E-state index contributed by atoms with van der Waals surface area (Å²) < 4.78 is 10.2. The molecule has 0 bridgehead atoms. The van der Waals surface area contributed by atoms with Gasteiger partial charge in [0.15, 0.2) is 0 Å². The van der Waals surface area contributed by atoms with E-state index in [1.54, 1.807) is 62.4 Å². The van der Waals surface area contributed by atoms with Crippen molar-refractivity contribution in [3.05, 3.63) is 72.1 Å². The first kappa shape index (κ1) is 17.1.